The van der Waals surface area contributed by atoms with E-state index in [-0.39, 0.29) is 12.0 Å². The van der Waals surface area contributed by atoms with E-state index in [0.717, 1.165) is 69.8 Å². The second-order valence-corrected chi connectivity index (χ2v) is 7.31. The summed E-state index contributed by atoms with van der Waals surface area (Å²) in [4.78, 5) is 14.4. The van der Waals surface area contributed by atoms with E-state index < -0.39 is 0 Å². The Morgan fingerprint density at radius 1 is 1.04 bits per heavy atom. The van der Waals surface area contributed by atoms with Gasteiger partial charge in [-0.3, -0.25) is 4.79 Å². The van der Waals surface area contributed by atoms with Gasteiger partial charge in [0, 0.05) is 38.7 Å². The van der Waals surface area contributed by atoms with Crippen molar-refractivity contribution in [2.75, 3.05) is 32.9 Å². The summed E-state index contributed by atoms with van der Waals surface area (Å²) in [6.07, 6.45) is 4.59. The van der Waals surface area contributed by atoms with Crippen molar-refractivity contribution in [1.82, 2.24) is 10.2 Å². The Bertz CT molecular complexity index is 622. The van der Waals surface area contributed by atoms with Crippen LogP contribution in [0.25, 0.3) is 0 Å². The van der Waals surface area contributed by atoms with E-state index in [1.807, 2.05) is 11.0 Å². The Morgan fingerprint density at radius 3 is 2.62 bits per heavy atom. The van der Waals surface area contributed by atoms with Crippen LogP contribution in [0.5, 0.6) is 11.5 Å². The van der Waals surface area contributed by atoms with Crippen molar-refractivity contribution < 1.29 is 19.0 Å². The van der Waals surface area contributed by atoms with Crippen LogP contribution in [0.1, 0.15) is 37.7 Å². The Hall–Kier alpha value is -1.79. The molecule has 142 valence electrons. The molecule has 0 radical (unpaired) electrons. The maximum absolute atomic E-state index is 12.4. The minimum absolute atomic E-state index is 0.184. The van der Waals surface area contributed by atoms with Gasteiger partial charge < -0.3 is 24.4 Å². The largest absolute Gasteiger partial charge is 0.490 e. The SMILES string of the molecule is O=C(C1CCCO1)N1CCC(NCc2ccc3c(c2)OCCCO3)CC1. The molecule has 0 aliphatic carbocycles. The minimum Gasteiger partial charge on any atom is -0.490 e. The molecule has 1 aromatic rings. The molecular formula is C20H28N2O4. The summed E-state index contributed by atoms with van der Waals surface area (Å²) >= 11 is 0. The molecule has 0 bridgehead atoms. The van der Waals surface area contributed by atoms with E-state index in [9.17, 15) is 4.79 Å². The maximum atomic E-state index is 12.4. The first-order valence-electron chi connectivity index (χ1n) is 9.82. The van der Waals surface area contributed by atoms with Gasteiger partial charge in [0.25, 0.3) is 5.91 Å². The van der Waals surface area contributed by atoms with Crippen molar-refractivity contribution >= 4 is 5.91 Å². The quantitative estimate of drug-likeness (QED) is 0.891. The van der Waals surface area contributed by atoms with E-state index in [0.29, 0.717) is 19.3 Å². The molecule has 0 saturated carbocycles. The number of carbonyl (C=O) groups is 1. The molecule has 3 heterocycles. The average Bonchev–Trinajstić information content (AvgIpc) is 3.12. The smallest absolute Gasteiger partial charge is 0.251 e. The van der Waals surface area contributed by atoms with Gasteiger partial charge in [-0.05, 0) is 43.4 Å². The highest BCUT2D eigenvalue weighted by Gasteiger charge is 2.30. The molecule has 1 aromatic carbocycles. The zero-order chi connectivity index (χ0) is 17.8. The number of likely N-dealkylation sites (tertiary alicyclic amines) is 1. The van der Waals surface area contributed by atoms with E-state index in [1.165, 1.54) is 5.56 Å². The van der Waals surface area contributed by atoms with Gasteiger partial charge in [0.15, 0.2) is 11.5 Å². The van der Waals surface area contributed by atoms with E-state index >= 15 is 0 Å². The van der Waals surface area contributed by atoms with Gasteiger partial charge in [-0.2, -0.15) is 0 Å². The molecule has 1 N–H and O–H groups in total. The number of nitrogens with one attached hydrogen (secondary N) is 1. The average molecular weight is 360 g/mol. The lowest BCUT2D eigenvalue weighted by Gasteiger charge is -2.33. The molecule has 2 saturated heterocycles. The van der Waals surface area contributed by atoms with Crippen LogP contribution in [0, 0.1) is 0 Å². The predicted octanol–water partition coefficient (Wildman–Crippen LogP) is 2.11. The highest BCUT2D eigenvalue weighted by molar-refractivity contribution is 5.81. The molecule has 6 nitrogen and oxygen atoms in total. The van der Waals surface area contributed by atoms with Crippen LogP contribution in [0.4, 0.5) is 0 Å². The first-order chi connectivity index (χ1) is 12.8. The Labute approximate surface area is 154 Å². The lowest BCUT2D eigenvalue weighted by molar-refractivity contribution is -0.142. The Balaban J connectivity index is 1.25. The topological polar surface area (TPSA) is 60.0 Å². The molecule has 2 fully saturated rings. The predicted molar refractivity (Wildman–Crippen MR) is 97.5 cm³/mol. The number of ether oxygens (including phenoxy) is 3. The van der Waals surface area contributed by atoms with Crippen molar-refractivity contribution in [2.45, 2.75) is 50.8 Å². The van der Waals surface area contributed by atoms with Crippen LogP contribution in [0.2, 0.25) is 0 Å². The molecular weight excluding hydrogens is 332 g/mol. The Morgan fingerprint density at radius 2 is 1.85 bits per heavy atom. The highest BCUT2D eigenvalue weighted by atomic mass is 16.5. The van der Waals surface area contributed by atoms with Crippen molar-refractivity contribution in [3.8, 4) is 11.5 Å². The first kappa shape index (κ1) is 17.6. The summed E-state index contributed by atoms with van der Waals surface area (Å²) in [5, 5.41) is 3.62. The molecule has 4 rings (SSSR count). The number of piperidine rings is 1. The molecule has 0 aromatic heterocycles. The lowest BCUT2D eigenvalue weighted by atomic mass is 10.0. The standard InChI is InChI=1S/C20H28N2O4/c23-20(18-3-1-10-25-18)22-8-6-16(7-9-22)21-14-15-4-5-17-19(13-15)26-12-2-11-24-17/h4-5,13,16,18,21H,1-3,6-12,14H2. The monoisotopic (exact) mass is 360 g/mol. The summed E-state index contributed by atoms with van der Waals surface area (Å²) in [6.45, 7) is 4.59. The van der Waals surface area contributed by atoms with Crippen LogP contribution < -0.4 is 14.8 Å². The van der Waals surface area contributed by atoms with E-state index in [2.05, 4.69) is 17.4 Å². The summed E-state index contributed by atoms with van der Waals surface area (Å²) < 4.78 is 17.0. The van der Waals surface area contributed by atoms with E-state index in [4.69, 9.17) is 14.2 Å². The fraction of sp³-hybridized carbons (Fsp3) is 0.650. The summed E-state index contributed by atoms with van der Waals surface area (Å²) in [5.41, 5.74) is 1.20. The van der Waals surface area contributed by atoms with Gasteiger partial charge in [-0.25, -0.2) is 0 Å². The number of benzene rings is 1. The van der Waals surface area contributed by atoms with Crippen LogP contribution in [0.15, 0.2) is 18.2 Å². The molecule has 0 spiro atoms. The number of nitrogens with zero attached hydrogens (tertiary/aromatic N) is 1. The number of fused-ring (bicyclic) bond motifs is 1. The van der Waals surface area contributed by atoms with Crippen molar-refractivity contribution in [1.29, 1.82) is 0 Å². The van der Waals surface area contributed by atoms with Crippen molar-refractivity contribution in [2.24, 2.45) is 0 Å². The summed E-state index contributed by atoms with van der Waals surface area (Å²) in [7, 11) is 0. The van der Waals surface area contributed by atoms with Crippen LogP contribution >= 0.6 is 0 Å². The zero-order valence-corrected chi connectivity index (χ0v) is 15.2. The highest BCUT2D eigenvalue weighted by Crippen LogP contribution is 2.30. The van der Waals surface area contributed by atoms with Gasteiger partial charge in [0.1, 0.15) is 6.10 Å². The van der Waals surface area contributed by atoms with Crippen molar-refractivity contribution in [3.63, 3.8) is 0 Å². The molecule has 1 atom stereocenters. The number of amides is 1. The Kier molecular flexibility index (Phi) is 5.60. The second-order valence-electron chi connectivity index (χ2n) is 7.31. The first-order valence-corrected chi connectivity index (χ1v) is 9.82. The van der Waals surface area contributed by atoms with E-state index in [1.54, 1.807) is 0 Å². The fourth-order valence-electron chi connectivity index (χ4n) is 3.86. The number of hydrogen-bond acceptors (Lipinski definition) is 5. The van der Waals surface area contributed by atoms with Gasteiger partial charge >= 0.3 is 0 Å². The van der Waals surface area contributed by atoms with Gasteiger partial charge in [0.2, 0.25) is 0 Å². The van der Waals surface area contributed by atoms with Crippen molar-refractivity contribution in [3.05, 3.63) is 23.8 Å². The van der Waals surface area contributed by atoms with Crippen LogP contribution in [-0.2, 0) is 16.1 Å². The zero-order valence-electron chi connectivity index (χ0n) is 15.2. The molecule has 1 amide bonds. The fourth-order valence-corrected chi connectivity index (χ4v) is 3.86. The maximum Gasteiger partial charge on any atom is 0.251 e. The molecule has 26 heavy (non-hydrogen) atoms. The normalized spacial score (nSPS) is 23.7. The van der Waals surface area contributed by atoms with Crippen LogP contribution in [-0.4, -0.2) is 55.9 Å². The third-order valence-corrected chi connectivity index (χ3v) is 5.42. The summed E-state index contributed by atoms with van der Waals surface area (Å²) in [5.74, 6) is 1.87. The van der Waals surface area contributed by atoms with Gasteiger partial charge in [-0.1, -0.05) is 6.07 Å². The lowest BCUT2D eigenvalue weighted by Crippen LogP contribution is -2.47. The van der Waals surface area contributed by atoms with Gasteiger partial charge in [-0.15, -0.1) is 0 Å². The molecule has 1 unspecified atom stereocenters. The third-order valence-electron chi connectivity index (χ3n) is 5.42. The van der Waals surface area contributed by atoms with Gasteiger partial charge in [0.05, 0.1) is 13.2 Å². The van der Waals surface area contributed by atoms with Crippen LogP contribution in [0.3, 0.4) is 0 Å². The third kappa shape index (κ3) is 4.13. The second kappa shape index (κ2) is 8.27. The molecule has 3 aliphatic rings. The summed E-state index contributed by atoms with van der Waals surface area (Å²) in [6, 6.07) is 6.61. The number of rotatable bonds is 4. The molecule has 3 aliphatic heterocycles. The minimum atomic E-state index is -0.193. The molecule has 6 heteroatoms. The number of hydrogen-bond donors (Lipinski definition) is 1. The number of carbonyl (C=O) groups excluding carboxylic acids is 1.